The molecule has 1 aromatic rings. The zero-order chi connectivity index (χ0) is 13.7. The molecular formula is C13H16BrNO4. The van der Waals surface area contributed by atoms with Gasteiger partial charge in [0.15, 0.2) is 0 Å². The molecule has 0 aliphatic carbocycles. The van der Waals surface area contributed by atoms with E-state index in [9.17, 15) is 10.1 Å². The third kappa shape index (κ3) is 4.26. The average molecular weight is 330 g/mol. The van der Waals surface area contributed by atoms with E-state index in [-0.39, 0.29) is 5.69 Å². The number of nitrogens with zero attached hydrogens (tertiary/aromatic N) is 1. The summed E-state index contributed by atoms with van der Waals surface area (Å²) in [5.74, 6) is 0.541. The summed E-state index contributed by atoms with van der Waals surface area (Å²) in [6.45, 7) is 2.70. The van der Waals surface area contributed by atoms with Gasteiger partial charge in [0.25, 0.3) is 5.69 Å². The van der Waals surface area contributed by atoms with Gasteiger partial charge in [-0.2, -0.15) is 0 Å². The zero-order valence-electron chi connectivity index (χ0n) is 10.5. The Morgan fingerprint density at radius 1 is 1.42 bits per heavy atom. The Labute approximate surface area is 120 Å². The molecule has 0 spiro atoms. The molecule has 19 heavy (non-hydrogen) atoms. The molecule has 1 aliphatic rings. The van der Waals surface area contributed by atoms with Gasteiger partial charge in [-0.3, -0.25) is 10.1 Å². The van der Waals surface area contributed by atoms with Crippen molar-refractivity contribution in [3.8, 4) is 0 Å². The van der Waals surface area contributed by atoms with Crippen molar-refractivity contribution < 1.29 is 14.4 Å². The fourth-order valence-electron chi connectivity index (χ4n) is 2.04. The number of hydrogen-bond acceptors (Lipinski definition) is 4. The molecule has 0 atom stereocenters. The topological polar surface area (TPSA) is 61.6 Å². The molecule has 0 saturated carbocycles. The van der Waals surface area contributed by atoms with Crippen LogP contribution in [0.15, 0.2) is 22.7 Å². The highest BCUT2D eigenvalue weighted by Crippen LogP contribution is 2.26. The molecule has 104 valence electrons. The SMILES string of the molecule is O=[N+]([O-])c1cc(COCC2CCOCC2)ccc1Br. The van der Waals surface area contributed by atoms with Crippen LogP contribution in [0.4, 0.5) is 5.69 Å². The lowest BCUT2D eigenvalue weighted by molar-refractivity contribution is -0.385. The first-order chi connectivity index (χ1) is 9.16. The zero-order valence-corrected chi connectivity index (χ0v) is 12.1. The molecule has 1 aromatic carbocycles. The Morgan fingerprint density at radius 2 is 2.16 bits per heavy atom. The van der Waals surface area contributed by atoms with Gasteiger partial charge in [-0.05, 0) is 46.3 Å². The third-order valence-corrected chi connectivity index (χ3v) is 3.84. The van der Waals surface area contributed by atoms with Crippen LogP contribution >= 0.6 is 15.9 Å². The second-order valence-electron chi connectivity index (χ2n) is 4.61. The summed E-state index contributed by atoms with van der Waals surface area (Å²) in [7, 11) is 0. The van der Waals surface area contributed by atoms with Gasteiger partial charge in [-0.15, -0.1) is 0 Å². The predicted molar refractivity (Wildman–Crippen MR) is 74.0 cm³/mol. The van der Waals surface area contributed by atoms with Crippen molar-refractivity contribution in [2.45, 2.75) is 19.4 Å². The molecule has 6 heteroatoms. The number of ether oxygens (including phenoxy) is 2. The number of halogens is 1. The fourth-order valence-corrected chi connectivity index (χ4v) is 2.44. The molecule has 1 aliphatic heterocycles. The summed E-state index contributed by atoms with van der Waals surface area (Å²) in [6.07, 6.45) is 2.06. The molecule has 5 nitrogen and oxygen atoms in total. The first-order valence-electron chi connectivity index (χ1n) is 6.25. The van der Waals surface area contributed by atoms with Crippen LogP contribution < -0.4 is 0 Å². The first kappa shape index (κ1) is 14.4. The lowest BCUT2D eigenvalue weighted by atomic mass is 10.0. The summed E-state index contributed by atoms with van der Waals surface area (Å²) in [6, 6.07) is 5.07. The van der Waals surface area contributed by atoms with Crippen LogP contribution in [-0.4, -0.2) is 24.7 Å². The summed E-state index contributed by atoms with van der Waals surface area (Å²) in [5, 5.41) is 10.8. The molecule has 1 fully saturated rings. The van der Waals surface area contributed by atoms with E-state index in [1.54, 1.807) is 12.1 Å². The maximum atomic E-state index is 10.8. The molecule has 0 radical (unpaired) electrons. The lowest BCUT2D eigenvalue weighted by Crippen LogP contribution is -2.20. The highest BCUT2D eigenvalue weighted by molar-refractivity contribution is 9.10. The van der Waals surface area contributed by atoms with Crippen LogP contribution in [0.25, 0.3) is 0 Å². The molecule has 1 heterocycles. The Balaban J connectivity index is 1.85. The van der Waals surface area contributed by atoms with Crippen LogP contribution in [0.3, 0.4) is 0 Å². The van der Waals surface area contributed by atoms with Gasteiger partial charge in [0.2, 0.25) is 0 Å². The van der Waals surface area contributed by atoms with Crippen LogP contribution in [0, 0.1) is 16.0 Å². The van der Waals surface area contributed by atoms with Crippen molar-refractivity contribution >= 4 is 21.6 Å². The average Bonchev–Trinajstić information content (AvgIpc) is 2.41. The summed E-state index contributed by atoms with van der Waals surface area (Å²) in [5.41, 5.74) is 0.897. The van der Waals surface area contributed by atoms with Crippen molar-refractivity contribution in [1.82, 2.24) is 0 Å². The van der Waals surface area contributed by atoms with E-state index >= 15 is 0 Å². The van der Waals surface area contributed by atoms with E-state index in [2.05, 4.69) is 15.9 Å². The number of rotatable bonds is 5. The van der Waals surface area contributed by atoms with Gasteiger partial charge in [0, 0.05) is 19.3 Å². The number of nitro benzene ring substituents is 1. The smallest absolute Gasteiger partial charge is 0.283 e. The van der Waals surface area contributed by atoms with Gasteiger partial charge in [-0.25, -0.2) is 0 Å². The van der Waals surface area contributed by atoms with E-state index < -0.39 is 4.92 Å². The summed E-state index contributed by atoms with van der Waals surface area (Å²) < 4.78 is 11.4. The minimum absolute atomic E-state index is 0.0761. The van der Waals surface area contributed by atoms with E-state index in [4.69, 9.17) is 9.47 Å². The minimum Gasteiger partial charge on any atom is -0.381 e. The van der Waals surface area contributed by atoms with Crippen LogP contribution in [0.1, 0.15) is 18.4 Å². The Hall–Kier alpha value is -0.980. The quantitative estimate of drug-likeness (QED) is 0.614. The van der Waals surface area contributed by atoms with Gasteiger partial charge < -0.3 is 9.47 Å². The largest absolute Gasteiger partial charge is 0.381 e. The Bertz CT molecular complexity index is 446. The summed E-state index contributed by atoms with van der Waals surface area (Å²) >= 11 is 3.17. The summed E-state index contributed by atoms with van der Waals surface area (Å²) in [4.78, 5) is 10.4. The van der Waals surface area contributed by atoms with Crippen molar-refractivity contribution in [2.75, 3.05) is 19.8 Å². The van der Waals surface area contributed by atoms with Crippen molar-refractivity contribution in [3.63, 3.8) is 0 Å². The van der Waals surface area contributed by atoms with Crippen molar-refractivity contribution in [3.05, 3.63) is 38.3 Å². The standard InChI is InChI=1S/C13H16BrNO4/c14-12-2-1-11(7-13(12)15(16)17)9-19-8-10-3-5-18-6-4-10/h1-2,7,10H,3-6,8-9H2. The van der Waals surface area contributed by atoms with Crippen LogP contribution in [0.5, 0.6) is 0 Å². The Morgan fingerprint density at radius 3 is 2.84 bits per heavy atom. The van der Waals surface area contributed by atoms with E-state index in [1.807, 2.05) is 6.07 Å². The monoisotopic (exact) mass is 329 g/mol. The normalized spacial score (nSPS) is 16.5. The van der Waals surface area contributed by atoms with Crippen LogP contribution in [-0.2, 0) is 16.1 Å². The predicted octanol–water partition coefficient (Wildman–Crippen LogP) is 3.30. The fraction of sp³-hybridized carbons (Fsp3) is 0.538. The maximum Gasteiger partial charge on any atom is 0.283 e. The lowest BCUT2D eigenvalue weighted by Gasteiger charge is -2.21. The van der Waals surface area contributed by atoms with Gasteiger partial charge in [-0.1, -0.05) is 6.07 Å². The van der Waals surface area contributed by atoms with E-state index in [1.165, 1.54) is 0 Å². The first-order valence-corrected chi connectivity index (χ1v) is 7.04. The third-order valence-electron chi connectivity index (χ3n) is 3.17. The van der Waals surface area contributed by atoms with Crippen molar-refractivity contribution in [1.29, 1.82) is 0 Å². The maximum absolute atomic E-state index is 10.8. The molecular weight excluding hydrogens is 314 g/mol. The highest BCUT2D eigenvalue weighted by Gasteiger charge is 2.15. The van der Waals surface area contributed by atoms with Gasteiger partial charge in [0.1, 0.15) is 0 Å². The van der Waals surface area contributed by atoms with Crippen LogP contribution in [0.2, 0.25) is 0 Å². The van der Waals surface area contributed by atoms with Gasteiger partial charge in [0.05, 0.1) is 22.6 Å². The second-order valence-corrected chi connectivity index (χ2v) is 5.47. The molecule has 2 rings (SSSR count). The number of nitro groups is 1. The molecule has 0 aromatic heterocycles. The van der Waals surface area contributed by atoms with Gasteiger partial charge >= 0.3 is 0 Å². The number of hydrogen-bond donors (Lipinski definition) is 0. The highest BCUT2D eigenvalue weighted by atomic mass is 79.9. The van der Waals surface area contributed by atoms with Crippen molar-refractivity contribution in [2.24, 2.45) is 5.92 Å². The molecule has 1 saturated heterocycles. The second kappa shape index (κ2) is 6.98. The van der Waals surface area contributed by atoms with E-state index in [0.717, 1.165) is 31.6 Å². The van der Waals surface area contributed by atoms with E-state index in [0.29, 0.717) is 23.6 Å². The number of benzene rings is 1. The minimum atomic E-state index is -0.397. The molecule has 0 bridgehead atoms. The molecule has 0 unspecified atom stereocenters. The molecule has 0 N–H and O–H groups in total. The Kier molecular flexibility index (Phi) is 5.30. The molecule has 0 amide bonds.